The third-order valence-corrected chi connectivity index (χ3v) is 3.80. The van der Waals surface area contributed by atoms with Crippen LogP contribution < -0.4 is 4.90 Å². The molecule has 6 heteroatoms. The maximum Gasteiger partial charge on any atom is 0.416 e. The van der Waals surface area contributed by atoms with E-state index in [9.17, 15) is 13.2 Å². The molecule has 0 spiro atoms. The number of anilines is 1. The van der Waals surface area contributed by atoms with Gasteiger partial charge in [0, 0.05) is 18.8 Å². The van der Waals surface area contributed by atoms with Crippen molar-refractivity contribution in [3.63, 3.8) is 0 Å². The van der Waals surface area contributed by atoms with Crippen LogP contribution in [0.15, 0.2) is 58.8 Å². The number of halogens is 3. The smallest absolute Gasteiger partial charge is 0.372 e. The van der Waals surface area contributed by atoms with Gasteiger partial charge in [-0.3, -0.25) is 0 Å². The number of nitrogens with zero attached hydrogens (tertiary/aromatic N) is 3. The number of azo groups is 1. The van der Waals surface area contributed by atoms with E-state index >= 15 is 0 Å². The monoisotopic (exact) mass is 319 g/mol. The molecule has 0 saturated carbocycles. The summed E-state index contributed by atoms with van der Waals surface area (Å²) in [6.07, 6.45) is -1.90. The van der Waals surface area contributed by atoms with Gasteiger partial charge in [-0.05, 0) is 61.4 Å². The number of hydrogen-bond donors (Lipinski definition) is 0. The van der Waals surface area contributed by atoms with Crippen LogP contribution in [0.4, 0.5) is 30.2 Å². The first kappa shape index (κ1) is 15.5. The van der Waals surface area contributed by atoms with Crippen LogP contribution in [0, 0.1) is 0 Å². The first-order valence-electron chi connectivity index (χ1n) is 7.46. The van der Waals surface area contributed by atoms with Gasteiger partial charge < -0.3 is 4.90 Å². The Hall–Kier alpha value is -2.37. The van der Waals surface area contributed by atoms with Crippen LogP contribution in [0.3, 0.4) is 0 Å². The number of alkyl halides is 3. The van der Waals surface area contributed by atoms with Gasteiger partial charge in [0.15, 0.2) is 0 Å². The van der Waals surface area contributed by atoms with Crippen molar-refractivity contribution in [1.82, 2.24) is 0 Å². The quantitative estimate of drug-likeness (QED) is 0.665. The predicted octanol–water partition coefficient (Wildman–Crippen LogP) is 5.72. The summed E-state index contributed by atoms with van der Waals surface area (Å²) in [7, 11) is 0. The number of rotatable bonds is 3. The lowest BCUT2D eigenvalue weighted by atomic mass is 10.2. The molecule has 0 unspecified atom stereocenters. The van der Waals surface area contributed by atoms with E-state index in [2.05, 4.69) is 15.1 Å². The van der Waals surface area contributed by atoms with Crippen LogP contribution >= 0.6 is 0 Å². The molecule has 3 nitrogen and oxygen atoms in total. The minimum Gasteiger partial charge on any atom is -0.372 e. The van der Waals surface area contributed by atoms with Crippen molar-refractivity contribution in [2.45, 2.75) is 19.0 Å². The zero-order valence-electron chi connectivity index (χ0n) is 12.4. The van der Waals surface area contributed by atoms with Gasteiger partial charge in [0.25, 0.3) is 0 Å². The summed E-state index contributed by atoms with van der Waals surface area (Å²) in [5.41, 5.74) is 1.54. The maximum absolute atomic E-state index is 12.5. The average molecular weight is 319 g/mol. The summed E-state index contributed by atoms with van der Waals surface area (Å²) in [6.45, 7) is 2.15. The summed E-state index contributed by atoms with van der Waals surface area (Å²) in [4.78, 5) is 2.32. The Morgan fingerprint density at radius 2 is 1.22 bits per heavy atom. The number of hydrogen-bond acceptors (Lipinski definition) is 3. The van der Waals surface area contributed by atoms with Gasteiger partial charge in [-0.15, -0.1) is 0 Å². The van der Waals surface area contributed by atoms with E-state index in [0.717, 1.165) is 30.9 Å². The highest BCUT2D eigenvalue weighted by Gasteiger charge is 2.29. The zero-order valence-corrected chi connectivity index (χ0v) is 12.4. The van der Waals surface area contributed by atoms with Crippen molar-refractivity contribution < 1.29 is 13.2 Å². The summed E-state index contributed by atoms with van der Waals surface area (Å²) in [6, 6.07) is 12.3. The summed E-state index contributed by atoms with van der Waals surface area (Å²) in [5, 5.41) is 8.03. The van der Waals surface area contributed by atoms with E-state index in [1.54, 1.807) is 0 Å². The highest BCUT2D eigenvalue weighted by molar-refractivity contribution is 5.53. The van der Waals surface area contributed by atoms with Gasteiger partial charge in [-0.1, -0.05) is 0 Å². The van der Waals surface area contributed by atoms with Crippen molar-refractivity contribution in [3.05, 3.63) is 54.1 Å². The minimum atomic E-state index is -4.33. The molecule has 0 N–H and O–H groups in total. The van der Waals surface area contributed by atoms with E-state index in [-0.39, 0.29) is 0 Å². The molecule has 0 atom stereocenters. The molecule has 1 fully saturated rings. The van der Waals surface area contributed by atoms with Gasteiger partial charge in [-0.25, -0.2) is 0 Å². The fourth-order valence-electron chi connectivity index (χ4n) is 2.54. The van der Waals surface area contributed by atoms with Crippen molar-refractivity contribution >= 4 is 17.1 Å². The SMILES string of the molecule is FC(F)(F)c1ccc(N=Nc2ccc(N3CCCC3)cc2)cc1. The lowest BCUT2D eigenvalue weighted by molar-refractivity contribution is -0.137. The van der Waals surface area contributed by atoms with E-state index in [1.165, 1.54) is 25.0 Å². The first-order valence-corrected chi connectivity index (χ1v) is 7.46. The number of benzene rings is 2. The fraction of sp³-hybridized carbons (Fsp3) is 0.294. The highest BCUT2D eigenvalue weighted by atomic mass is 19.4. The van der Waals surface area contributed by atoms with E-state index in [0.29, 0.717) is 11.4 Å². The van der Waals surface area contributed by atoms with Gasteiger partial charge in [0.1, 0.15) is 0 Å². The molecule has 1 aliphatic rings. The zero-order chi connectivity index (χ0) is 16.3. The summed E-state index contributed by atoms with van der Waals surface area (Å²) >= 11 is 0. The van der Waals surface area contributed by atoms with Crippen LogP contribution in [-0.2, 0) is 6.18 Å². The Bertz CT molecular complexity index is 670. The highest BCUT2D eigenvalue weighted by Crippen LogP contribution is 2.31. The maximum atomic E-state index is 12.5. The molecule has 0 bridgehead atoms. The van der Waals surface area contributed by atoms with Crippen LogP contribution in [0.25, 0.3) is 0 Å². The Kier molecular flexibility index (Phi) is 4.32. The topological polar surface area (TPSA) is 28.0 Å². The Labute approximate surface area is 132 Å². The molecule has 3 rings (SSSR count). The molecule has 2 aromatic carbocycles. The van der Waals surface area contributed by atoms with Crippen LogP contribution in [0.2, 0.25) is 0 Å². The van der Waals surface area contributed by atoms with Gasteiger partial charge in [0.05, 0.1) is 16.9 Å². The predicted molar refractivity (Wildman–Crippen MR) is 83.5 cm³/mol. The Balaban J connectivity index is 1.67. The minimum absolute atomic E-state index is 0.390. The molecular formula is C17H16F3N3. The van der Waals surface area contributed by atoms with Crippen LogP contribution in [0.5, 0.6) is 0 Å². The average Bonchev–Trinajstić information content (AvgIpc) is 3.07. The second-order valence-electron chi connectivity index (χ2n) is 5.46. The second-order valence-corrected chi connectivity index (χ2v) is 5.46. The van der Waals surface area contributed by atoms with Crippen molar-refractivity contribution in [2.75, 3.05) is 18.0 Å². The lowest BCUT2D eigenvalue weighted by Gasteiger charge is -2.17. The second kappa shape index (κ2) is 6.40. The van der Waals surface area contributed by atoms with Gasteiger partial charge in [-0.2, -0.15) is 23.4 Å². The standard InChI is InChI=1S/C17H16F3N3/c18-17(19,20)13-3-5-14(6-4-13)21-22-15-7-9-16(10-8-15)23-11-1-2-12-23/h3-10H,1-2,11-12H2. The largest absolute Gasteiger partial charge is 0.416 e. The molecule has 120 valence electrons. The van der Waals surface area contributed by atoms with Crippen LogP contribution in [-0.4, -0.2) is 13.1 Å². The molecule has 1 aliphatic heterocycles. The van der Waals surface area contributed by atoms with E-state index in [1.807, 2.05) is 24.3 Å². The molecule has 0 amide bonds. The third-order valence-electron chi connectivity index (χ3n) is 3.80. The summed E-state index contributed by atoms with van der Waals surface area (Å²) in [5.74, 6) is 0. The van der Waals surface area contributed by atoms with Gasteiger partial charge >= 0.3 is 6.18 Å². The fourth-order valence-corrected chi connectivity index (χ4v) is 2.54. The normalized spacial score (nSPS) is 15.5. The molecule has 0 aromatic heterocycles. The van der Waals surface area contributed by atoms with Gasteiger partial charge in [0.2, 0.25) is 0 Å². The van der Waals surface area contributed by atoms with Crippen LogP contribution in [0.1, 0.15) is 18.4 Å². The van der Waals surface area contributed by atoms with Crippen molar-refractivity contribution in [2.24, 2.45) is 10.2 Å². The molecule has 23 heavy (non-hydrogen) atoms. The lowest BCUT2D eigenvalue weighted by Crippen LogP contribution is -2.17. The molecular weight excluding hydrogens is 303 g/mol. The Morgan fingerprint density at radius 3 is 1.70 bits per heavy atom. The molecule has 1 heterocycles. The molecule has 0 aliphatic carbocycles. The molecule has 1 saturated heterocycles. The summed E-state index contributed by atoms with van der Waals surface area (Å²) < 4.78 is 37.4. The van der Waals surface area contributed by atoms with Crippen molar-refractivity contribution in [1.29, 1.82) is 0 Å². The first-order chi connectivity index (χ1) is 11.0. The van der Waals surface area contributed by atoms with Crippen molar-refractivity contribution in [3.8, 4) is 0 Å². The van der Waals surface area contributed by atoms with E-state index < -0.39 is 11.7 Å². The molecule has 0 radical (unpaired) electrons. The third kappa shape index (κ3) is 3.88. The Morgan fingerprint density at radius 1 is 0.739 bits per heavy atom. The van der Waals surface area contributed by atoms with E-state index in [4.69, 9.17) is 0 Å². The molecule has 2 aromatic rings.